The molecule has 0 saturated carbocycles. The number of halogens is 6. The largest absolute Gasteiger partial charge is 0.573 e. The summed E-state index contributed by atoms with van der Waals surface area (Å²) in [6.45, 7) is 2.83. The fourth-order valence-electron chi connectivity index (χ4n) is 3.40. The molecule has 0 radical (unpaired) electrons. The standard InChI is InChI=1S/C20H16F6N2O6/c1-18(2)16(29)15(12-8-10(33-20(24,25)26)4-6-14(12)34-18)27-17(30)11-5-3-9(19(21,22)23)7-13(11)28(31)32/h3-8,15-16,29H,1-2H3,(H,27,30)/t15-,16+/m1/s1. The van der Waals surface area contributed by atoms with Crippen LogP contribution >= 0.6 is 0 Å². The molecule has 0 saturated heterocycles. The van der Waals surface area contributed by atoms with Gasteiger partial charge in [-0.2, -0.15) is 13.2 Å². The summed E-state index contributed by atoms with van der Waals surface area (Å²) in [4.78, 5) is 22.9. The Morgan fingerprint density at radius 2 is 1.79 bits per heavy atom. The molecule has 34 heavy (non-hydrogen) atoms. The van der Waals surface area contributed by atoms with Crippen molar-refractivity contribution in [3.05, 3.63) is 63.2 Å². The minimum absolute atomic E-state index is 0.0166. The van der Waals surface area contributed by atoms with E-state index in [4.69, 9.17) is 4.74 Å². The third kappa shape index (κ3) is 5.16. The second kappa shape index (κ2) is 8.34. The predicted octanol–water partition coefficient (Wildman–Crippen LogP) is 4.52. The molecule has 0 fully saturated rings. The van der Waals surface area contributed by atoms with Gasteiger partial charge in [0.2, 0.25) is 0 Å². The van der Waals surface area contributed by atoms with Crippen molar-refractivity contribution in [1.29, 1.82) is 0 Å². The number of hydrogen-bond donors (Lipinski definition) is 2. The number of hydrogen-bond acceptors (Lipinski definition) is 6. The van der Waals surface area contributed by atoms with Crippen molar-refractivity contribution in [3.8, 4) is 11.5 Å². The van der Waals surface area contributed by atoms with E-state index in [-0.39, 0.29) is 17.4 Å². The van der Waals surface area contributed by atoms with Crippen LogP contribution in [0, 0.1) is 10.1 Å². The molecule has 2 N–H and O–H groups in total. The van der Waals surface area contributed by atoms with Gasteiger partial charge < -0.3 is 19.9 Å². The van der Waals surface area contributed by atoms with Crippen molar-refractivity contribution in [3.63, 3.8) is 0 Å². The Morgan fingerprint density at radius 3 is 2.35 bits per heavy atom. The molecule has 1 amide bonds. The van der Waals surface area contributed by atoms with Gasteiger partial charge in [-0.25, -0.2) is 0 Å². The van der Waals surface area contributed by atoms with E-state index in [0.29, 0.717) is 12.1 Å². The lowest BCUT2D eigenvalue weighted by Crippen LogP contribution is -2.53. The van der Waals surface area contributed by atoms with Gasteiger partial charge in [-0.3, -0.25) is 14.9 Å². The summed E-state index contributed by atoms with van der Waals surface area (Å²) in [6, 6.07) is 2.71. The topological polar surface area (TPSA) is 111 Å². The van der Waals surface area contributed by atoms with E-state index in [9.17, 15) is 46.4 Å². The van der Waals surface area contributed by atoms with Crippen LogP contribution in [0.2, 0.25) is 0 Å². The highest BCUT2D eigenvalue weighted by molar-refractivity contribution is 5.98. The van der Waals surface area contributed by atoms with Gasteiger partial charge in [0.05, 0.1) is 16.5 Å². The zero-order valence-electron chi connectivity index (χ0n) is 17.3. The first-order chi connectivity index (χ1) is 15.5. The number of ether oxygens (including phenoxy) is 2. The summed E-state index contributed by atoms with van der Waals surface area (Å²) in [5, 5.41) is 24.3. The van der Waals surface area contributed by atoms with Gasteiger partial charge in [-0.15, -0.1) is 13.2 Å². The maximum absolute atomic E-state index is 12.9. The van der Waals surface area contributed by atoms with E-state index in [1.54, 1.807) is 0 Å². The molecule has 8 nitrogen and oxygen atoms in total. The molecule has 1 aliphatic rings. The highest BCUT2D eigenvalue weighted by atomic mass is 19.4. The van der Waals surface area contributed by atoms with E-state index in [1.165, 1.54) is 13.8 Å². The Labute approximate surface area is 187 Å². The molecule has 3 rings (SSSR count). The molecule has 0 aliphatic carbocycles. The van der Waals surface area contributed by atoms with Crippen LogP contribution in [0.5, 0.6) is 11.5 Å². The Balaban J connectivity index is 2.02. The van der Waals surface area contributed by atoms with Crippen molar-refractivity contribution in [2.24, 2.45) is 0 Å². The lowest BCUT2D eigenvalue weighted by molar-refractivity contribution is -0.385. The number of amides is 1. The summed E-state index contributed by atoms with van der Waals surface area (Å²) in [6.07, 6.45) is -11.5. The molecule has 2 aromatic rings. The highest BCUT2D eigenvalue weighted by Crippen LogP contribution is 2.42. The zero-order chi connectivity index (χ0) is 25.6. The zero-order valence-corrected chi connectivity index (χ0v) is 17.3. The van der Waals surface area contributed by atoms with Crippen LogP contribution in [0.15, 0.2) is 36.4 Å². The van der Waals surface area contributed by atoms with Crippen LogP contribution in [0.3, 0.4) is 0 Å². The Kier molecular flexibility index (Phi) is 6.15. The predicted molar refractivity (Wildman–Crippen MR) is 102 cm³/mol. The van der Waals surface area contributed by atoms with Crippen LogP contribution in [-0.2, 0) is 6.18 Å². The number of nitrogens with zero attached hydrogens (tertiary/aromatic N) is 1. The van der Waals surface area contributed by atoms with E-state index in [1.807, 2.05) is 0 Å². The van der Waals surface area contributed by atoms with Crippen molar-refractivity contribution in [2.75, 3.05) is 0 Å². The maximum atomic E-state index is 12.9. The molecule has 0 bridgehead atoms. The maximum Gasteiger partial charge on any atom is 0.573 e. The van der Waals surface area contributed by atoms with E-state index >= 15 is 0 Å². The number of nitro groups is 1. The number of nitro benzene ring substituents is 1. The Morgan fingerprint density at radius 1 is 1.15 bits per heavy atom. The fraction of sp³-hybridized carbons (Fsp3) is 0.350. The molecule has 2 atom stereocenters. The van der Waals surface area contributed by atoms with Crippen LogP contribution in [0.1, 0.15) is 41.4 Å². The second-order valence-corrected chi connectivity index (χ2v) is 7.84. The molecule has 0 spiro atoms. The number of rotatable bonds is 4. The van der Waals surface area contributed by atoms with E-state index < -0.39 is 63.7 Å². The van der Waals surface area contributed by atoms with Crippen molar-refractivity contribution in [1.82, 2.24) is 5.32 Å². The smallest absolute Gasteiger partial charge is 0.485 e. The van der Waals surface area contributed by atoms with Crippen molar-refractivity contribution >= 4 is 11.6 Å². The molecule has 184 valence electrons. The molecule has 0 aromatic heterocycles. The Bertz CT molecular complexity index is 1130. The number of carbonyl (C=O) groups excluding carboxylic acids is 1. The van der Waals surface area contributed by atoms with Gasteiger partial charge in [0.25, 0.3) is 11.6 Å². The number of carbonyl (C=O) groups is 1. The first-order valence-electron chi connectivity index (χ1n) is 9.43. The highest BCUT2D eigenvalue weighted by Gasteiger charge is 2.45. The third-order valence-electron chi connectivity index (χ3n) is 5.00. The Hall–Kier alpha value is -3.55. The minimum Gasteiger partial charge on any atom is -0.485 e. The minimum atomic E-state index is -5.04. The molecule has 1 aliphatic heterocycles. The molecule has 14 heteroatoms. The quantitative estimate of drug-likeness (QED) is 0.368. The number of aliphatic hydroxyl groups is 1. The molecule has 1 heterocycles. The molecular weight excluding hydrogens is 478 g/mol. The van der Waals surface area contributed by atoms with Crippen LogP contribution in [-0.4, -0.2) is 34.0 Å². The van der Waals surface area contributed by atoms with Crippen LogP contribution in [0.4, 0.5) is 32.0 Å². The third-order valence-corrected chi connectivity index (χ3v) is 5.00. The summed E-state index contributed by atoms with van der Waals surface area (Å²) in [7, 11) is 0. The molecule has 2 aromatic carbocycles. The lowest BCUT2D eigenvalue weighted by Gasteiger charge is -2.42. The fourth-order valence-corrected chi connectivity index (χ4v) is 3.40. The first-order valence-corrected chi connectivity index (χ1v) is 9.43. The van der Waals surface area contributed by atoms with Gasteiger partial charge >= 0.3 is 12.5 Å². The van der Waals surface area contributed by atoms with Crippen LogP contribution < -0.4 is 14.8 Å². The van der Waals surface area contributed by atoms with Gasteiger partial charge in [-0.05, 0) is 44.2 Å². The average Bonchev–Trinajstić information content (AvgIpc) is 2.69. The summed E-state index contributed by atoms with van der Waals surface area (Å²) in [5.41, 5.74) is -4.77. The summed E-state index contributed by atoms with van der Waals surface area (Å²) >= 11 is 0. The number of nitrogens with one attached hydrogen (secondary N) is 1. The van der Waals surface area contributed by atoms with Crippen molar-refractivity contribution in [2.45, 2.75) is 44.1 Å². The SMILES string of the molecule is CC1(C)Oc2ccc(OC(F)(F)F)cc2[C@@H](NC(=O)c2ccc(C(F)(F)F)cc2[N+](=O)[O-])[C@@H]1O. The number of fused-ring (bicyclic) bond motifs is 1. The normalized spacial score (nSPS) is 19.6. The van der Waals surface area contributed by atoms with Gasteiger partial charge in [0.15, 0.2) is 0 Å². The van der Waals surface area contributed by atoms with Crippen molar-refractivity contribution < 1.29 is 50.6 Å². The van der Waals surface area contributed by atoms with E-state index in [0.717, 1.165) is 18.2 Å². The number of alkyl halides is 6. The lowest BCUT2D eigenvalue weighted by atomic mass is 9.86. The van der Waals surface area contributed by atoms with Crippen LogP contribution in [0.25, 0.3) is 0 Å². The first kappa shape index (κ1) is 25.1. The average molecular weight is 494 g/mol. The van der Waals surface area contributed by atoms with E-state index in [2.05, 4.69) is 10.1 Å². The second-order valence-electron chi connectivity index (χ2n) is 7.84. The molecule has 0 unspecified atom stereocenters. The summed E-state index contributed by atoms with van der Waals surface area (Å²) < 4.78 is 86.1. The van der Waals surface area contributed by atoms with Gasteiger partial charge in [0.1, 0.15) is 28.8 Å². The molecular formula is C20H16F6N2O6. The van der Waals surface area contributed by atoms with Gasteiger partial charge in [0, 0.05) is 11.6 Å². The van der Waals surface area contributed by atoms with Gasteiger partial charge in [-0.1, -0.05) is 0 Å². The summed E-state index contributed by atoms with van der Waals surface area (Å²) in [5.74, 6) is -1.95. The number of benzene rings is 2. The monoisotopic (exact) mass is 494 g/mol. The number of aliphatic hydroxyl groups excluding tert-OH is 1.